The topological polar surface area (TPSA) is 24.5 Å². The minimum Gasteiger partial charge on any atom is -0.383 e. The van der Waals surface area contributed by atoms with Gasteiger partial charge in [-0.1, -0.05) is 17.7 Å². The van der Waals surface area contributed by atoms with Crippen LogP contribution in [0, 0.1) is 5.82 Å². The van der Waals surface area contributed by atoms with E-state index in [1.54, 1.807) is 19.2 Å². The highest BCUT2D eigenvalue weighted by Crippen LogP contribution is 2.20. The molecule has 0 spiro atoms. The summed E-state index contributed by atoms with van der Waals surface area (Å²) in [5, 5.41) is 3.56. The average molecular weight is 289 g/mol. The Balaban J connectivity index is 2.34. The normalized spacial score (nSPS) is 12.9. The minimum atomic E-state index is -0.378. The predicted molar refractivity (Wildman–Crippen MR) is 77.2 cm³/mol. The van der Waals surface area contributed by atoms with Crippen LogP contribution in [0.5, 0.6) is 0 Å². The van der Waals surface area contributed by atoms with Crippen LogP contribution in [0.25, 0.3) is 0 Å². The van der Waals surface area contributed by atoms with Crippen molar-refractivity contribution in [2.75, 3.05) is 40.4 Å². The van der Waals surface area contributed by atoms with E-state index in [1.165, 1.54) is 6.07 Å². The summed E-state index contributed by atoms with van der Waals surface area (Å²) in [5.74, 6) is -0.378. The quantitative estimate of drug-likeness (QED) is 0.796. The lowest BCUT2D eigenvalue weighted by atomic mass is 10.1. The molecule has 0 saturated heterocycles. The van der Waals surface area contributed by atoms with Crippen LogP contribution in [0.3, 0.4) is 0 Å². The van der Waals surface area contributed by atoms with Gasteiger partial charge in [-0.2, -0.15) is 0 Å². The average Bonchev–Trinajstić information content (AvgIpc) is 2.39. The maximum atomic E-state index is 13.1. The van der Waals surface area contributed by atoms with Crippen LogP contribution < -0.4 is 5.32 Å². The summed E-state index contributed by atoms with van der Waals surface area (Å²) in [6.45, 7) is 5.48. The predicted octanol–water partition coefficient (Wildman–Crippen LogP) is 2.71. The molecular weight excluding hydrogens is 267 g/mol. The van der Waals surface area contributed by atoms with Gasteiger partial charge in [-0.3, -0.25) is 0 Å². The van der Waals surface area contributed by atoms with Crippen molar-refractivity contribution < 1.29 is 9.13 Å². The molecule has 3 nitrogen and oxygen atoms in total. The van der Waals surface area contributed by atoms with E-state index in [2.05, 4.69) is 17.3 Å². The number of likely N-dealkylation sites (N-methyl/N-ethyl adjacent to an activating group) is 1. The van der Waals surface area contributed by atoms with Crippen molar-refractivity contribution in [3.63, 3.8) is 0 Å². The van der Waals surface area contributed by atoms with E-state index in [9.17, 15) is 4.39 Å². The fourth-order valence-corrected chi connectivity index (χ4v) is 1.92. The first-order valence-electron chi connectivity index (χ1n) is 6.40. The Morgan fingerprint density at radius 2 is 2.16 bits per heavy atom. The summed E-state index contributed by atoms with van der Waals surface area (Å²) in [5.41, 5.74) is 0.992. The zero-order valence-electron chi connectivity index (χ0n) is 11.7. The molecular formula is C14H22ClFN2O. The van der Waals surface area contributed by atoms with E-state index in [0.29, 0.717) is 0 Å². The summed E-state index contributed by atoms with van der Waals surface area (Å²) in [6, 6.07) is 4.98. The summed E-state index contributed by atoms with van der Waals surface area (Å²) < 4.78 is 18.1. The number of methoxy groups -OCH3 is 1. The molecule has 1 unspecified atom stereocenters. The first-order chi connectivity index (χ1) is 9.04. The standard InChI is InChI=1S/C14H22ClFN2O/c1-11(12-4-5-14(16)13(15)10-12)17-6-7-18(2)8-9-19-3/h4-5,10-11,17H,6-9H2,1-3H3. The lowest BCUT2D eigenvalue weighted by Crippen LogP contribution is -2.32. The van der Waals surface area contributed by atoms with E-state index in [1.807, 2.05) is 6.92 Å². The molecule has 0 fully saturated rings. The Labute approximate surface area is 119 Å². The minimum absolute atomic E-state index is 0.147. The van der Waals surface area contributed by atoms with Crippen molar-refractivity contribution in [3.8, 4) is 0 Å². The Hall–Kier alpha value is -0.680. The molecule has 0 amide bonds. The molecule has 1 N–H and O–H groups in total. The van der Waals surface area contributed by atoms with Gasteiger partial charge in [0.05, 0.1) is 11.6 Å². The number of rotatable bonds is 8. The highest BCUT2D eigenvalue weighted by atomic mass is 35.5. The molecule has 5 heteroatoms. The van der Waals surface area contributed by atoms with Crippen molar-refractivity contribution in [1.29, 1.82) is 0 Å². The van der Waals surface area contributed by atoms with Crippen molar-refractivity contribution in [2.24, 2.45) is 0 Å². The second-order valence-electron chi connectivity index (χ2n) is 4.65. The zero-order chi connectivity index (χ0) is 14.3. The number of ether oxygens (including phenoxy) is 1. The van der Waals surface area contributed by atoms with Gasteiger partial charge in [0.2, 0.25) is 0 Å². The van der Waals surface area contributed by atoms with Crippen molar-refractivity contribution in [3.05, 3.63) is 34.6 Å². The van der Waals surface area contributed by atoms with Crippen LogP contribution in [0.4, 0.5) is 4.39 Å². The third kappa shape index (κ3) is 5.87. The molecule has 1 aromatic carbocycles. The third-order valence-corrected chi connectivity index (χ3v) is 3.35. The summed E-state index contributed by atoms with van der Waals surface area (Å²) in [6.07, 6.45) is 0. The molecule has 0 bridgehead atoms. The Morgan fingerprint density at radius 1 is 1.42 bits per heavy atom. The first kappa shape index (κ1) is 16.4. The second kappa shape index (κ2) is 8.48. The van der Waals surface area contributed by atoms with Gasteiger partial charge in [0.15, 0.2) is 0 Å². The zero-order valence-corrected chi connectivity index (χ0v) is 12.5. The number of nitrogens with one attached hydrogen (secondary N) is 1. The molecule has 108 valence electrons. The van der Waals surface area contributed by atoms with Gasteiger partial charge in [0.25, 0.3) is 0 Å². The Kier molecular flexibility index (Phi) is 7.31. The molecule has 0 aliphatic heterocycles. The smallest absolute Gasteiger partial charge is 0.141 e. The fraction of sp³-hybridized carbons (Fsp3) is 0.571. The summed E-state index contributed by atoms with van der Waals surface area (Å²) in [7, 11) is 3.76. The van der Waals surface area contributed by atoms with Crippen LogP contribution in [0.1, 0.15) is 18.5 Å². The van der Waals surface area contributed by atoms with Crippen LogP contribution in [0.2, 0.25) is 5.02 Å². The van der Waals surface area contributed by atoms with Crippen molar-refractivity contribution >= 4 is 11.6 Å². The number of hydrogen-bond donors (Lipinski definition) is 1. The van der Waals surface area contributed by atoms with E-state index in [-0.39, 0.29) is 16.9 Å². The monoisotopic (exact) mass is 288 g/mol. The maximum Gasteiger partial charge on any atom is 0.141 e. The number of nitrogens with zero attached hydrogens (tertiary/aromatic N) is 1. The molecule has 0 aliphatic carbocycles. The van der Waals surface area contributed by atoms with E-state index in [0.717, 1.165) is 31.8 Å². The molecule has 1 aromatic rings. The lowest BCUT2D eigenvalue weighted by Gasteiger charge is -2.19. The number of benzene rings is 1. The molecule has 0 aliphatic rings. The van der Waals surface area contributed by atoms with Crippen LogP contribution in [-0.4, -0.2) is 45.3 Å². The van der Waals surface area contributed by atoms with Crippen LogP contribution in [0.15, 0.2) is 18.2 Å². The van der Waals surface area contributed by atoms with Gasteiger partial charge in [-0.05, 0) is 31.7 Å². The third-order valence-electron chi connectivity index (χ3n) is 3.06. The highest BCUT2D eigenvalue weighted by Gasteiger charge is 2.08. The number of hydrogen-bond acceptors (Lipinski definition) is 3. The maximum absolute atomic E-state index is 13.1. The number of halogens is 2. The summed E-state index contributed by atoms with van der Waals surface area (Å²) in [4.78, 5) is 2.20. The largest absolute Gasteiger partial charge is 0.383 e. The van der Waals surface area contributed by atoms with Crippen LogP contribution in [-0.2, 0) is 4.74 Å². The van der Waals surface area contributed by atoms with E-state index in [4.69, 9.17) is 16.3 Å². The van der Waals surface area contributed by atoms with Gasteiger partial charge >= 0.3 is 0 Å². The highest BCUT2D eigenvalue weighted by molar-refractivity contribution is 6.30. The molecule has 0 saturated carbocycles. The molecule has 0 radical (unpaired) electrons. The molecule has 0 aromatic heterocycles. The fourth-order valence-electron chi connectivity index (χ4n) is 1.73. The van der Waals surface area contributed by atoms with Crippen molar-refractivity contribution in [2.45, 2.75) is 13.0 Å². The van der Waals surface area contributed by atoms with E-state index < -0.39 is 0 Å². The second-order valence-corrected chi connectivity index (χ2v) is 5.05. The van der Waals surface area contributed by atoms with Crippen LogP contribution >= 0.6 is 11.6 Å². The van der Waals surface area contributed by atoms with E-state index >= 15 is 0 Å². The Bertz CT molecular complexity index is 390. The lowest BCUT2D eigenvalue weighted by molar-refractivity contribution is 0.161. The SMILES string of the molecule is COCCN(C)CCNC(C)c1ccc(F)c(Cl)c1. The summed E-state index contributed by atoms with van der Waals surface area (Å²) >= 11 is 5.77. The van der Waals surface area contributed by atoms with Gasteiger partial charge in [-0.15, -0.1) is 0 Å². The molecule has 1 rings (SSSR count). The Morgan fingerprint density at radius 3 is 2.79 bits per heavy atom. The van der Waals surface area contributed by atoms with Gasteiger partial charge in [0.1, 0.15) is 5.82 Å². The molecule has 19 heavy (non-hydrogen) atoms. The molecule has 0 heterocycles. The first-order valence-corrected chi connectivity index (χ1v) is 6.78. The van der Waals surface area contributed by atoms with Crippen molar-refractivity contribution in [1.82, 2.24) is 10.2 Å². The van der Waals surface area contributed by atoms with Gasteiger partial charge in [0, 0.05) is 32.8 Å². The molecule has 1 atom stereocenters. The van der Waals surface area contributed by atoms with Gasteiger partial charge < -0.3 is 15.0 Å². The van der Waals surface area contributed by atoms with Gasteiger partial charge in [-0.25, -0.2) is 4.39 Å².